The first kappa shape index (κ1) is 13.0. The normalized spacial score (nSPS) is 19.8. The molecule has 1 saturated heterocycles. The van der Waals surface area contributed by atoms with Gasteiger partial charge in [0.05, 0.1) is 6.61 Å². The third-order valence-electron chi connectivity index (χ3n) is 3.18. The Labute approximate surface area is 116 Å². The summed E-state index contributed by atoms with van der Waals surface area (Å²) in [6.07, 6.45) is 1.01. The van der Waals surface area contributed by atoms with E-state index in [1.165, 1.54) is 0 Å². The quantitative estimate of drug-likeness (QED) is 0.898. The molecule has 0 aliphatic carbocycles. The van der Waals surface area contributed by atoms with Crippen molar-refractivity contribution < 1.29 is 4.74 Å². The molecule has 1 N–H and O–H groups in total. The Kier molecular flexibility index (Phi) is 3.76. The lowest BCUT2D eigenvalue weighted by atomic mass is 10.1. The third kappa shape index (κ3) is 2.77. The van der Waals surface area contributed by atoms with Gasteiger partial charge in [-0.15, -0.1) is 10.2 Å². The van der Waals surface area contributed by atoms with Gasteiger partial charge in [0.1, 0.15) is 5.01 Å². The van der Waals surface area contributed by atoms with Crippen LogP contribution in [0.4, 0.5) is 0 Å². The van der Waals surface area contributed by atoms with E-state index in [4.69, 9.17) is 4.74 Å². The molecule has 1 unspecified atom stereocenters. The maximum absolute atomic E-state index is 5.41. The SMILES string of the molecule is CC(C)CNCc1nn2c(C3CCOC3)nnc2s1. The highest BCUT2D eigenvalue weighted by molar-refractivity contribution is 7.16. The standard InChI is InChI=1S/C12H19N5OS/c1-8(2)5-13-6-10-16-17-11(9-3-4-18-7-9)14-15-12(17)19-10/h8-9,13H,3-7H2,1-2H3. The molecule has 1 aliphatic rings. The van der Waals surface area contributed by atoms with Crippen molar-refractivity contribution in [3.8, 4) is 0 Å². The van der Waals surface area contributed by atoms with Crippen LogP contribution in [0.5, 0.6) is 0 Å². The van der Waals surface area contributed by atoms with Gasteiger partial charge >= 0.3 is 0 Å². The van der Waals surface area contributed by atoms with Gasteiger partial charge in [0.2, 0.25) is 4.96 Å². The van der Waals surface area contributed by atoms with Crippen LogP contribution in [0.15, 0.2) is 0 Å². The molecule has 104 valence electrons. The van der Waals surface area contributed by atoms with Gasteiger partial charge in [-0.3, -0.25) is 0 Å². The van der Waals surface area contributed by atoms with Gasteiger partial charge < -0.3 is 10.1 Å². The summed E-state index contributed by atoms with van der Waals surface area (Å²) in [5.74, 6) is 1.93. The van der Waals surface area contributed by atoms with Crippen molar-refractivity contribution in [2.24, 2.45) is 5.92 Å². The van der Waals surface area contributed by atoms with Crippen LogP contribution in [-0.4, -0.2) is 39.6 Å². The van der Waals surface area contributed by atoms with Gasteiger partial charge in [0, 0.05) is 19.1 Å². The monoisotopic (exact) mass is 281 g/mol. The van der Waals surface area contributed by atoms with E-state index >= 15 is 0 Å². The summed E-state index contributed by atoms with van der Waals surface area (Å²) < 4.78 is 7.30. The summed E-state index contributed by atoms with van der Waals surface area (Å²) in [5, 5.41) is 17.5. The summed E-state index contributed by atoms with van der Waals surface area (Å²) in [6.45, 7) is 7.75. The van der Waals surface area contributed by atoms with Gasteiger partial charge in [-0.1, -0.05) is 25.2 Å². The van der Waals surface area contributed by atoms with E-state index < -0.39 is 0 Å². The smallest absolute Gasteiger partial charge is 0.234 e. The van der Waals surface area contributed by atoms with Gasteiger partial charge in [-0.2, -0.15) is 9.61 Å². The van der Waals surface area contributed by atoms with Gasteiger partial charge in [0.25, 0.3) is 0 Å². The Hall–Kier alpha value is -1.05. The molecule has 1 aliphatic heterocycles. The fourth-order valence-electron chi connectivity index (χ4n) is 2.20. The van der Waals surface area contributed by atoms with E-state index in [0.717, 1.165) is 48.5 Å². The lowest BCUT2D eigenvalue weighted by Gasteiger charge is -2.04. The largest absolute Gasteiger partial charge is 0.381 e. The van der Waals surface area contributed by atoms with E-state index in [1.807, 2.05) is 4.52 Å². The highest BCUT2D eigenvalue weighted by Gasteiger charge is 2.24. The van der Waals surface area contributed by atoms with E-state index in [1.54, 1.807) is 11.3 Å². The number of ether oxygens (including phenoxy) is 1. The third-order valence-corrected chi connectivity index (χ3v) is 4.08. The number of nitrogens with zero attached hydrogens (tertiary/aromatic N) is 4. The second-order valence-corrected chi connectivity index (χ2v) is 6.37. The molecule has 0 aromatic carbocycles. The molecule has 7 heteroatoms. The van der Waals surface area contributed by atoms with Gasteiger partial charge in [-0.05, 0) is 18.9 Å². The molecule has 1 atom stereocenters. The lowest BCUT2D eigenvalue weighted by molar-refractivity contribution is 0.193. The second kappa shape index (κ2) is 5.52. The molecule has 0 amide bonds. The molecule has 0 saturated carbocycles. The molecule has 19 heavy (non-hydrogen) atoms. The molecule has 6 nitrogen and oxygen atoms in total. The molecule has 2 aromatic heterocycles. The summed E-state index contributed by atoms with van der Waals surface area (Å²) in [7, 11) is 0. The Morgan fingerprint density at radius 3 is 3.11 bits per heavy atom. The first-order chi connectivity index (χ1) is 9.24. The molecule has 3 rings (SSSR count). The lowest BCUT2D eigenvalue weighted by Crippen LogP contribution is -2.19. The van der Waals surface area contributed by atoms with Crippen molar-refractivity contribution in [1.82, 2.24) is 25.1 Å². The van der Waals surface area contributed by atoms with Crippen LogP contribution in [-0.2, 0) is 11.3 Å². The summed E-state index contributed by atoms with van der Waals surface area (Å²) in [6, 6.07) is 0. The summed E-state index contributed by atoms with van der Waals surface area (Å²) in [4.78, 5) is 0.878. The number of rotatable bonds is 5. The fraction of sp³-hybridized carbons (Fsp3) is 0.750. The number of aromatic nitrogens is 4. The second-order valence-electron chi connectivity index (χ2n) is 5.33. The van der Waals surface area contributed by atoms with Crippen molar-refractivity contribution in [3.63, 3.8) is 0 Å². The van der Waals surface area contributed by atoms with Crippen LogP contribution in [0, 0.1) is 5.92 Å². The molecule has 0 radical (unpaired) electrons. The van der Waals surface area contributed by atoms with Gasteiger partial charge in [0.15, 0.2) is 5.82 Å². The first-order valence-corrected chi connectivity index (χ1v) is 7.55. The van der Waals surface area contributed by atoms with Crippen LogP contribution >= 0.6 is 11.3 Å². The maximum Gasteiger partial charge on any atom is 0.234 e. The van der Waals surface area contributed by atoms with E-state index in [9.17, 15) is 0 Å². The Balaban J connectivity index is 1.73. The van der Waals surface area contributed by atoms with Crippen LogP contribution in [0.3, 0.4) is 0 Å². The minimum Gasteiger partial charge on any atom is -0.381 e. The van der Waals surface area contributed by atoms with E-state index in [-0.39, 0.29) is 0 Å². The number of fused-ring (bicyclic) bond motifs is 1. The van der Waals surface area contributed by atoms with E-state index in [0.29, 0.717) is 11.8 Å². The van der Waals surface area contributed by atoms with Gasteiger partial charge in [-0.25, -0.2) is 0 Å². The molecular formula is C12H19N5OS. The van der Waals surface area contributed by atoms with Crippen molar-refractivity contribution in [2.45, 2.75) is 32.7 Å². The van der Waals surface area contributed by atoms with Crippen LogP contribution in [0.2, 0.25) is 0 Å². The van der Waals surface area contributed by atoms with Crippen LogP contribution < -0.4 is 5.32 Å². The Morgan fingerprint density at radius 2 is 2.37 bits per heavy atom. The zero-order valence-electron chi connectivity index (χ0n) is 11.3. The van der Waals surface area contributed by atoms with Crippen LogP contribution in [0.1, 0.15) is 37.0 Å². The molecule has 2 aromatic rings. The first-order valence-electron chi connectivity index (χ1n) is 6.73. The minimum atomic E-state index is 0.341. The number of hydrogen-bond donors (Lipinski definition) is 1. The zero-order chi connectivity index (χ0) is 13.2. The zero-order valence-corrected chi connectivity index (χ0v) is 12.1. The average Bonchev–Trinajstić information content (AvgIpc) is 3.01. The van der Waals surface area contributed by atoms with E-state index in [2.05, 4.69) is 34.5 Å². The highest BCUT2D eigenvalue weighted by Crippen LogP contribution is 2.25. The molecular weight excluding hydrogens is 262 g/mol. The number of hydrogen-bond acceptors (Lipinski definition) is 6. The topological polar surface area (TPSA) is 64.3 Å². The van der Waals surface area contributed by atoms with Crippen molar-refractivity contribution in [2.75, 3.05) is 19.8 Å². The fourth-order valence-corrected chi connectivity index (χ4v) is 3.01. The Morgan fingerprint density at radius 1 is 1.47 bits per heavy atom. The molecule has 0 spiro atoms. The van der Waals surface area contributed by atoms with Crippen LogP contribution in [0.25, 0.3) is 4.96 Å². The summed E-state index contributed by atoms with van der Waals surface area (Å²) in [5.41, 5.74) is 0. The predicted molar refractivity (Wildman–Crippen MR) is 73.4 cm³/mol. The number of nitrogens with one attached hydrogen (secondary N) is 1. The minimum absolute atomic E-state index is 0.341. The Bertz CT molecular complexity index is 543. The van der Waals surface area contributed by atoms with Crippen molar-refractivity contribution in [1.29, 1.82) is 0 Å². The molecule has 3 heterocycles. The molecule has 1 fully saturated rings. The molecule has 0 bridgehead atoms. The highest BCUT2D eigenvalue weighted by atomic mass is 32.1. The maximum atomic E-state index is 5.41. The predicted octanol–water partition coefficient (Wildman–Crippen LogP) is 1.44. The average molecular weight is 281 g/mol. The van der Waals surface area contributed by atoms with Crippen molar-refractivity contribution >= 4 is 16.3 Å². The van der Waals surface area contributed by atoms with Crippen molar-refractivity contribution in [3.05, 3.63) is 10.8 Å². The summed E-state index contributed by atoms with van der Waals surface area (Å²) >= 11 is 1.60.